The number of hydrogen-bond acceptors (Lipinski definition) is 3. The first kappa shape index (κ1) is 12.7. The number of nitrogens with one attached hydrogen (secondary N) is 1. The maximum absolute atomic E-state index is 4.52. The Hall–Kier alpha value is -1.74. The van der Waals surface area contributed by atoms with E-state index in [1.54, 1.807) is 0 Å². The van der Waals surface area contributed by atoms with Crippen molar-refractivity contribution in [2.75, 3.05) is 6.54 Å². The molecule has 1 atom stereocenters. The van der Waals surface area contributed by atoms with E-state index in [0.717, 1.165) is 18.1 Å². The Morgan fingerprint density at radius 2 is 1.83 bits per heavy atom. The average molecular weight is 241 g/mol. The summed E-state index contributed by atoms with van der Waals surface area (Å²) >= 11 is 0. The van der Waals surface area contributed by atoms with Crippen LogP contribution in [0.2, 0.25) is 0 Å². The van der Waals surface area contributed by atoms with E-state index in [4.69, 9.17) is 0 Å². The maximum atomic E-state index is 4.52. The molecule has 0 bridgehead atoms. The van der Waals surface area contributed by atoms with E-state index in [1.807, 2.05) is 19.2 Å². The number of nitrogens with zero attached hydrogens (tertiary/aromatic N) is 2. The topological polar surface area (TPSA) is 37.8 Å². The molecule has 1 N–H and O–H groups in total. The highest BCUT2D eigenvalue weighted by atomic mass is 15.0. The minimum Gasteiger partial charge on any atom is -0.305 e. The van der Waals surface area contributed by atoms with Crippen LogP contribution in [0.4, 0.5) is 0 Å². The van der Waals surface area contributed by atoms with Gasteiger partial charge in [-0.05, 0) is 32.0 Å². The van der Waals surface area contributed by atoms with E-state index in [-0.39, 0.29) is 6.04 Å². The quantitative estimate of drug-likeness (QED) is 0.894. The molecule has 0 saturated heterocycles. The second kappa shape index (κ2) is 5.74. The molecule has 0 amide bonds. The Balaban J connectivity index is 2.36. The highest BCUT2D eigenvalue weighted by Gasteiger charge is 2.14. The van der Waals surface area contributed by atoms with E-state index in [2.05, 4.69) is 53.4 Å². The average Bonchev–Trinajstić information content (AvgIpc) is 2.37. The smallest absolute Gasteiger partial charge is 0.125 e. The van der Waals surface area contributed by atoms with Gasteiger partial charge in [-0.2, -0.15) is 0 Å². The van der Waals surface area contributed by atoms with Crippen molar-refractivity contribution in [2.45, 2.75) is 26.8 Å². The lowest BCUT2D eigenvalue weighted by molar-refractivity contribution is 0.611. The first-order valence-electron chi connectivity index (χ1n) is 6.30. The summed E-state index contributed by atoms with van der Waals surface area (Å²) in [6.45, 7) is 7.03. The normalized spacial score (nSPS) is 12.4. The fourth-order valence-corrected chi connectivity index (χ4v) is 1.99. The molecule has 0 aliphatic rings. The monoisotopic (exact) mass is 241 g/mol. The highest BCUT2D eigenvalue weighted by Crippen LogP contribution is 2.20. The Morgan fingerprint density at radius 3 is 2.44 bits per heavy atom. The molecule has 3 heteroatoms. The SMILES string of the molecule is CCNC(c1ccc(C)cc1)c1ccnc(C)n1. The zero-order valence-electron chi connectivity index (χ0n) is 11.1. The number of hydrogen-bond donors (Lipinski definition) is 1. The van der Waals surface area contributed by atoms with Crippen LogP contribution < -0.4 is 5.32 Å². The van der Waals surface area contributed by atoms with Gasteiger partial charge in [-0.3, -0.25) is 0 Å². The molecule has 0 radical (unpaired) electrons. The molecule has 2 aromatic rings. The van der Waals surface area contributed by atoms with Gasteiger partial charge in [-0.25, -0.2) is 9.97 Å². The molecule has 0 aliphatic heterocycles. The highest BCUT2D eigenvalue weighted by molar-refractivity contribution is 5.30. The lowest BCUT2D eigenvalue weighted by Crippen LogP contribution is -2.23. The molecule has 0 aliphatic carbocycles. The van der Waals surface area contributed by atoms with Gasteiger partial charge < -0.3 is 5.32 Å². The van der Waals surface area contributed by atoms with Crippen molar-refractivity contribution in [1.29, 1.82) is 0 Å². The molecule has 0 spiro atoms. The van der Waals surface area contributed by atoms with Crippen LogP contribution in [0.5, 0.6) is 0 Å². The third kappa shape index (κ3) is 2.93. The fourth-order valence-electron chi connectivity index (χ4n) is 1.99. The molecule has 1 aromatic carbocycles. The van der Waals surface area contributed by atoms with Gasteiger partial charge >= 0.3 is 0 Å². The molecule has 94 valence electrons. The zero-order valence-corrected chi connectivity index (χ0v) is 11.1. The van der Waals surface area contributed by atoms with E-state index in [9.17, 15) is 0 Å². The maximum Gasteiger partial charge on any atom is 0.125 e. The molecule has 1 aromatic heterocycles. The van der Waals surface area contributed by atoms with Crippen molar-refractivity contribution in [3.8, 4) is 0 Å². The summed E-state index contributed by atoms with van der Waals surface area (Å²) in [4.78, 5) is 8.67. The number of aromatic nitrogens is 2. The minimum atomic E-state index is 0.136. The van der Waals surface area contributed by atoms with Gasteiger partial charge in [-0.15, -0.1) is 0 Å². The largest absolute Gasteiger partial charge is 0.305 e. The van der Waals surface area contributed by atoms with Gasteiger partial charge in [0, 0.05) is 6.20 Å². The lowest BCUT2D eigenvalue weighted by Gasteiger charge is -2.18. The van der Waals surface area contributed by atoms with Crippen LogP contribution in [-0.2, 0) is 0 Å². The molecular formula is C15H19N3. The van der Waals surface area contributed by atoms with Crippen molar-refractivity contribution < 1.29 is 0 Å². The van der Waals surface area contributed by atoms with Crippen LogP contribution in [0.3, 0.4) is 0 Å². The minimum absolute atomic E-state index is 0.136. The molecule has 1 heterocycles. The summed E-state index contributed by atoms with van der Waals surface area (Å²) in [6.07, 6.45) is 1.82. The lowest BCUT2D eigenvalue weighted by atomic mass is 10.0. The molecule has 1 unspecified atom stereocenters. The predicted octanol–water partition coefficient (Wildman–Crippen LogP) is 2.79. The first-order chi connectivity index (χ1) is 8.70. The molecule has 3 nitrogen and oxygen atoms in total. The summed E-state index contributed by atoms with van der Waals surface area (Å²) in [5, 5.41) is 3.47. The van der Waals surface area contributed by atoms with Gasteiger partial charge in [-0.1, -0.05) is 36.8 Å². The molecule has 0 fully saturated rings. The van der Waals surface area contributed by atoms with Gasteiger partial charge in [0.2, 0.25) is 0 Å². The first-order valence-corrected chi connectivity index (χ1v) is 6.30. The van der Waals surface area contributed by atoms with E-state index < -0.39 is 0 Å². The summed E-state index contributed by atoms with van der Waals surface area (Å²) < 4.78 is 0. The third-order valence-corrected chi connectivity index (χ3v) is 2.91. The van der Waals surface area contributed by atoms with Crippen LogP contribution in [-0.4, -0.2) is 16.5 Å². The van der Waals surface area contributed by atoms with Gasteiger partial charge in [0.15, 0.2) is 0 Å². The van der Waals surface area contributed by atoms with Crippen molar-refractivity contribution in [3.05, 3.63) is 59.2 Å². The Kier molecular flexibility index (Phi) is 4.05. The Labute approximate surface area is 108 Å². The summed E-state index contributed by atoms with van der Waals surface area (Å²) in [5.74, 6) is 0.808. The fraction of sp³-hybridized carbons (Fsp3) is 0.333. The molecule has 0 saturated carbocycles. The van der Waals surface area contributed by atoms with Crippen LogP contribution >= 0.6 is 0 Å². The summed E-state index contributed by atoms with van der Waals surface area (Å²) in [7, 11) is 0. The van der Waals surface area contributed by atoms with Gasteiger partial charge in [0.25, 0.3) is 0 Å². The van der Waals surface area contributed by atoms with Crippen LogP contribution in [0.1, 0.15) is 35.6 Å². The summed E-state index contributed by atoms with van der Waals surface area (Å²) in [6, 6.07) is 10.7. The van der Waals surface area contributed by atoms with Crippen molar-refractivity contribution in [2.24, 2.45) is 0 Å². The van der Waals surface area contributed by atoms with Gasteiger partial charge in [0.1, 0.15) is 5.82 Å². The predicted molar refractivity (Wildman–Crippen MR) is 73.5 cm³/mol. The van der Waals surface area contributed by atoms with Crippen LogP contribution in [0.25, 0.3) is 0 Å². The molecular weight excluding hydrogens is 222 g/mol. The third-order valence-electron chi connectivity index (χ3n) is 2.91. The van der Waals surface area contributed by atoms with E-state index >= 15 is 0 Å². The number of aryl methyl sites for hydroxylation is 2. The van der Waals surface area contributed by atoms with Gasteiger partial charge in [0.05, 0.1) is 11.7 Å². The standard InChI is InChI=1S/C15H19N3/c1-4-16-15(13-7-5-11(2)6-8-13)14-9-10-17-12(3)18-14/h5-10,15-16H,4H2,1-3H3. The Morgan fingerprint density at radius 1 is 1.11 bits per heavy atom. The zero-order chi connectivity index (χ0) is 13.0. The van der Waals surface area contributed by atoms with Crippen LogP contribution in [0.15, 0.2) is 36.5 Å². The van der Waals surface area contributed by atoms with E-state index in [1.165, 1.54) is 11.1 Å². The number of benzene rings is 1. The molecule has 18 heavy (non-hydrogen) atoms. The van der Waals surface area contributed by atoms with Crippen molar-refractivity contribution in [3.63, 3.8) is 0 Å². The second-order valence-corrected chi connectivity index (χ2v) is 4.43. The van der Waals surface area contributed by atoms with E-state index in [0.29, 0.717) is 0 Å². The summed E-state index contributed by atoms with van der Waals surface area (Å²) in [5.41, 5.74) is 3.53. The van der Waals surface area contributed by atoms with Crippen molar-refractivity contribution in [1.82, 2.24) is 15.3 Å². The van der Waals surface area contributed by atoms with Crippen molar-refractivity contribution >= 4 is 0 Å². The Bertz CT molecular complexity index is 505. The number of rotatable bonds is 4. The second-order valence-electron chi connectivity index (χ2n) is 4.43. The van der Waals surface area contributed by atoms with Crippen LogP contribution in [0, 0.1) is 13.8 Å². The molecule has 2 rings (SSSR count).